The molecule has 5 aromatic rings. The van der Waals surface area contributed by atoms with E-state index in [9.17, 15) is 0 Å². The molecule has 6 rings (SSSR count). The average molecular weight is 866 g/mol. The van der Waals surface area contributed by atoms with Crippen molar-refractivity contribution in [2.24, 2.45) is 11.3 Å². The Morgan fingerprint density at radius 3 is 1.45 bits per heavy atom. The summed E-state index contributed by atoms with van der Waals surface area (Å²) < 4.78 is 1.26. The Bertz CT molecular complexity index is 1950. The number of hydrogen-bond donors (Lipinski definition) is 0. The molecule has 1 atom stereocenters. The van der Waals surface area contributed by atoms with Crippen LogP contribution in [0.4, 0.5) is 0 Å². The molecule has 5 heteroatoms. The molecule has 1 aliphatic carbocycles. The molecular weight excluding hydrogens is 810 g/mol. The van der Waals surface area contributed by atoms with E-state index in [1.807, 2.05) is 36.4 Å². The molecule has 0 radical (unpaired) electrons. The zero-order valence-corrected chi connectivity index (χ0v) is 39.1. The first-order chi connectivity index (χ1) is 23.7. The molecule has 0 saturated carbocycles. The number of halogens is 4. The molecule has 0 saturated heterocycles. The minimum Gasteiger partial charge on any atom is -1.00 e. The third-order valence-corrected chi connectivity index (χ3v) is 11.4. The van der Waals surface area contributed by atoms with Gasteiger partial charge in [0, 0.05) is 0 Å². The van der Waals surface area contributed by atoms with Crippen LogP contribution in [0.25, 0.3) is 21.5 Å². The molecule has 0 bridgehead atoms. The van der Waals surface area contributed by atoms with Crippen molar-refractivity contribution >= 4 is 48.0 Å². The summed E-state index contributed by atoms with van der Waals surface area (Å²) in [6.07, 6.45) is 10.4. The van der Waals surface area contributed by atoms with Crippen LogP contribution in [0.5, 0.6) is 0 Å². The van der Waals surface area contributed by atoms with E-state index in [1.165, 1.54) is 89.7 Å². The van der Waals surface area contributed by atoms with Crippen LogP contribution in [0.2, 0.25) is 10.0 Å². The summed E-state index contributed by atoms with van der Waals surface area (Å²) in [4.78, 5) is 0. The number of benzene rings is 4. The molecule has 282 valence electrons. The summed E-state index contributed by atoms with van der Waals surface area (Å²) in [5.74, 6) is 0.587. The maximum Gasteiger partial charge on any atom is -1.00 e. The number of aryl methyl sites for hydroxylation is 2. The van der Waals surface area contributed by atoms with E-state index in [4.69, 9.17) is 23.2 Å². The summed E-state index contributed by atoms with van der Waals surface area (Å²) >= 11 is 13.3. The van der Waals surface area contributed by atoms with Crippen molar-refractivity contribution in [3.8, 4) is 0 Å². The van der Waals surface area contributed by atoms with Crippen molar-refractivity contribution in [2.75, 3.05) is 0 Å². The van der Waals surface area contributed by atoms with Crippen molar-refractivity contribution in [1.82, 2.24) is 0 Å². The van der Waals surface area contributed by atoms with Gasteiger partial charge in [0.2, 0.25) is 0 Å². The van der Waals surface area contributed by atoms with Crippen molar-refractivity contribution < 1.29 is 49.0 Å². The minimum absolute atomic E-state index is 0. The SMILES string of the molecule is CCCC1[C-]=CC(C(C)(C)C)=C1.Cc1cc2[cH-]c3cc(C)c(C(C)(C)C)cc3c2cc1C(C)(C)C.Clc1cccc([C](=[Zr+2])c2cccc(Cl)c2)c1.[Cl-].[Cl-]. The first-order valence-corrected chi connectivity index (χ1v) is 20.2. The molecule has 0 amide bonds. The fourth-order valence-corrected chi connectivity index (χ4v) is 8.00. The maximum atomic E-state index is 5.98. The number of allylic oxidation sites excluding steroid dienone is 4. The van der Waals surface area contributed by atoms with E-state index in [0.29, 0.717) is 11.3 Å². The minimum atomic E-state index is 0. The summed E-state index contributed by atoms with van der Waals surface area (Å²) in [6, 6.07) is 27.7. The van der Waals surface area contributed by atoms with Gasteiger partial charge in [-0.25, -0.2) is 6.08 Å². The van der Waals surface area contributed by atoms with Crippen LogP contribution in [0.3, 0.4) is 0 Å². The molecule has 0 heterocycles. The Balaban J connectivity index is 0.000000285. The molecular formula is C48H56Cl4Zr-2. The van der Waals surface area contributed by atoms with Crippen LogP contribution in [-0.4, -0.2) is 3.21 Å². The van der Waals surface area contributed by atoms with Crippen LogP contribution in [0.1, 0.15) is 115 Å². The van der Waals surface area contributed by atoms with Gasteiger partial charge in [0.1, 0.15) is 0 Å². The topological polar surface area (TPSA) is 0 Å². The Hall–Kier alpha value is -1.86. The Labute approximate surface area is 358 Å². The molecule has 1 unspecified atom stereocenters. The standard InChI is InChI=1S/C23H29.C13H8Cl2.C12H19.2ClH.Zr/c1-14-9-16-11-17-10-15(2)21(23(6,7)8)13-19(17)18(16)12-20(14)22(3,4)5;14-12-5-1-3-10(8-12)7-11-4-2-6-13(15)9-11;1-5-6-10-7-8-11(9-10)12(2,3)4;;;/h9-13H,1-8H3;1-6,8-9H;8-10H,5-6H2,1-4H3;2*1H;/q-1;;-1;;;+2/p-2. The van der Waals surface area contributed by atoms with Gasteiger partial charge in [-0.1, -0.05) is 128 Å². The molecule has 0 fully saturated rings. The van der Waals surface area contributed by atoms with E-state index >= 15 is 0 Å². The van der Waals surface area contributed by atoms with Gasteiger partial charge in [-0.05, 0) is 24.7 Å². The Morgan fingerprint density at radius 1 is 0.679 bits per heavy atom. The van der Waals surface area contributed by atoms with Crippen molar-refractivity contribution in [2.45, 2.75) is 107 Å². The van der Waals surface area contributed by atoms with Gasteiger partial charge in [0.15, 0.2) is 0 Å². The number of fused-ring (bicyclic) bond motifs is 3. The molecule has 0 aromatic heterocycles. The predicted octanol–water partition coefficient (Wildman–Crippen LogP) is 8.79. The zero-order valence-electron chi connectivity index (χ0n) is 33.7. The van der Waals surface area contributed by atoms with Crippen LogP contribution >= 0.6 is 23.2 Å². The summed E-state index contributed by atoms with van der Waals surface area (Å²) in [5, 5.41) is 7.08. The van der Waals surface area contributed by atoms with Gasteiger partial charge in [0.05, 0.1) is 0 Å². The van der Waals surface area contributed by atoms with E-state index in [-0.39, 0.29) is 35.6 Å². The maximum absolute atomic E-state index is 5.98. The molecule has 0 aliphatic heterocycles. The number of hydrogen-bond acceptors (Lipinski definition) is 0. The second-order valence-electron chi connectivity index (χ2n) is 17.1. The normalized spacial score (nSPS) is 14.0. The molecule has 0 N–H and O–H groups in total. The molecule has 1 aliphatic rings. The largest absolute Gasteiger partial charge is 1.00 e. The van der Waals surface area contributed by atoms with Gasteiger partial charge < -0.3 is 24.8 Å². The van der Waals surface area contributed by atoms with E-state index in [1.54, 1.807) is 0 Å². The Morgan fingerprint density at radius 2 is 1.11 bits per heavy atom. The average Bonchev–Trinajstić information content (AvgIpc) is 3.64. The monoisotopic (exact) mass is 862 g/mol. The molecule has 5 aromatic carbocycles. The quantitative estimate of drug-likeness (QED) is 0.159. The van der Waals surface area contributed by atoms with Crippen LogP contribution in [0.15, 0.2) is 96.6 Å². The fraction of sp³-hybridized carbons (Fsp3) is 0.375. The second kappa shape index (κ2) is 19.3. The summed E-state index contributed by atoms with van der Waals surface area (Å²) in [6.45, 7) is 27.3. The van der Waals surface area contributed by atoms with Gasteiger partial charge in [-0.2, -0.15) is 11.6 Å². The van der Waals surface area contributed by atoms with Gasteiger partial charge >= 0.3 is 120 Å². The summed E-state index contributed by atoms with van der Waals surface area (Å²) in [5.41, 5.74) is 10.1. The van der Waals surface area contributed by atoms with E-state index < -0.39 is 0 Å². The van der Waals surface area contributed by atoms with E-state index in [2.05, 4.69) is 144 Å². The Kier molecular flexibility index (Phi) is 17.3. The van der Waals surface area contributed by atoms with E-state index in [0.717, 1.165) is 21.2 Å². The third-order valence-electron chi connectivity index (χ3n) is 9.54. The first-order valence-electron chi connectivity index (χ1n) is 18.3. The van der Waals surface area contributed by atoms with Crippen molar-refractivity contribution in [1.29, 1.82) is 0 Å². The van der Waals surface area contributed by atoms with Gasteiger partial charge in [0.25, 0.3) is 0 Å². The van der Waals surface area contributed by atoms with Gasteiger partial charge in [-0.3, -0.25) is 6.08 Å². The smallest absolute Gasteiger partial charge is 1.00 e. The van der Waals surface area contributed by atoms with Crippen LogP contribution in [-0.2, 0) is 35.1 Å². The first kappa shape index (κ1) is 47.3. The van der Waals surface area contributed by atoms with Crippen molar-refractivity contribution in [3.63, 3.8) is 0 Å². The number of rotatable bonds is 4. The third kappa shape index (κ3) is 12.6. The van der Waals surface area contributed by atoms with Crippen molar-refractivity contribution in [3.05, 3.63) is 146 Å². The van der Waals surface area contributed by atoms with Crippen LogP contribution < -0.4 is 24.8 Å². The second-order valence-corrected chi connectivity index (χ2v) is 19.2. The van der Waals surface area contributed by atoms with Gasteiger partial charge in [-0.15, -0.1) is 39.7 Å². The summed E-state index contributed by atoms with van der Waals surface area (Å²) in [7, 11) is 0. The fourth-order valence-electron chi connectivity index (χ4n) is 6.86. The molecule has 0 nitrogen and oxygen atoms in total. The predicted molar refractivity (Wildman–Crippen MR) is 224 cm³/mol. The molecule has 53 heavy (non-hydrogen) atoms. The zero-order chi connectivity index (χ0) is 37.9. The molecule has 0 spiro atoms. The van der Waals surface area contributed by atoms with Crippen LogP contribution in [0, 0.1) is 31.3 Å².